The highest BCUT2D eigenvalue weighted by Crippen LogP contribution is 2.31. The fourth-order valence-electron chi connectivity index (χ4n) is 2.53. The van der Waals surface area contributed by atoms with Crippen LogP contribution in [0.15, 0.2) is 59.2 Å². The maximum atomic E-state index is 11.5. The van der Waals surface area contributed by atoms with Crippen molar-refractivity contribution in [1.82, 2.24) is 4.98 Å². The molecule has 27 heavy (non-hydrogen) atoms. The second-order valence-corrected chi connectivity index (χ2v) is 6.39. The van der Waals surface area contributed by atoms with Crippen molar-refractivity contribution in [1.29, 1.82) is 0 Å². The van der Waals surface area contributed by atoms with E-state index in [0.29, 0.717) is 23.3 Å². The first-order chi connectivity index (χ1) is 13.2. The van der Waals surface area contributed by atoms with Crippen molar-refractivity contribution in [2.24, 2.45) is 5.92 Å². The SMILES string of the molecule is COC(=O)c1coc(-c2ccc(Oc3cccc(OCC4CC4)c3)cc2)n1. The van der Waals surface area contributed by atoms with Gasteiger partial charge in [-0.3, -0.25) is 0 Å². The summed E-state index contributed by atoms with van der Waals surface area (Å²) in [5.41, 5.74) is 0.870. The van der Waals surface area contributed by atoms with Crippen LogP contribution < -0.4 is 9.47 Å². The summed E-state index contributed by atoms with van der Waals surface area (Å²) in [6, 6.07) is 14.9. The molecule has 2 aromatic carbocycles. The van der Waals surface area contributed by atoms with Crippen molar-refractivity contribution < 1.29 is 23.4 Å². The minimum atomic E-state index is -0.534. The van der Waals surface area contributed by atoms with Crippen LogP contribution in [-0.2, 0) is 4.74 Å². The maximum Gasteiger partial charge on any atom is 0.360 e. The highest BCUT2D eigenvalue weighted by Gasteiger charge is 2.21. The number of carbonyl (C=O) groups excluding carboxylic acids is 1. The van der Waals surface area contributed by atoms with Gasteiger partial charge in [-0.25, -0.2) is 9.78 Å². The first-order valence-electron chi connectivity index (χ1n) is 8.76. The van der Waals surface area contributed by atoms with Gasteiger partial charge in [0.15, 0.2) is 5.69 Å². The molecule has 1 saturated carbocycles. The van der Waals surface area contributed by atoms with Gasteiger partial charge in [0.25, 0.3) is 0 Å². The van der Waals surface area contributed by atoms with Crippen molar-refractivity contribution in [2.45, 2.75) is 12.8 Å². The molecule has 0 aliphatic heterocycles. The van der Waals surface area contributed by atoms with Gasteiger partial charge in [-0.1, -0.05) is 6.07 Å². The molecule has 1 fully saturated rings. The maximum absolute atomic E-state index is 11.5. The van der Waals surface area contributed by atoms with Crippen molar-refractivity contribution >= 4 is 5.97 Å². The third kappa shape index (κ3) is 4.28. The molecule has 0 spiro atoms. The van der Waals surface area contributed by atoms with Crippen molar-refractivity contribution in [3.63, 3.8) is 0 Å². The molecule has 1 heterocycles. The third-order valence-corrected chi connectivity index (χ3v) is 4.22. The molecule has 6 nitrogen and oxygen atoms in total. The van der Waals surface area contributed by atoms with E-state index in [1.165, 1.54) is 26.2 Å². The summed E-state index contributed by atoms with van der Waals surface area (Å²) in [5.74, 6) is 2.72. The monoisotopic (exact) mass is 365 g/mol. The molecule has 1 aromatic heterocycles. The van der Waals surface area contributed by atoms with Gasteiger partial charge in [0.1, 0.15) is 23.5 Å². The summed E-state index contributed by atoms with van der Waals surface area (Å²) in [6.07, 6.45) is 3.79. The number of aromatic nitrogens is 1. The molecule has 0 saturated heterocycles. The first-order valence-corrected chi connectivity index (χ1v) is 8.76. The van der Waals surface area contributed by atoms with E-state index in [1.54, 1.807) is 0 Å². The third-order valence-electron chi connectivity index (χ3n) is 4.22. The summed E-state index contributed by atoms with van der Waals surface area (Å²) >= 11 is 0. The number of nitrogens with zero attached hydrogens (tertiary/aromatic N) is 1. The molecule has 3 aromatic rings. The van der Waals surface area contributed by atoms with Crippen LogP contribution in [0.5, 0.6) is 17.2 Å². The van der Waals surface area contributed by atoms with E-state index in [0.717, 1.165) is 17.9 Å². The van der Waals surface area contributed by atoms with Crippen LogP contribution in [-0.4, -0.2) is 24.7 Å². The molecular formula is C21H19NO5. The Labute approximate surface area is 156 Å². The van der Waals surface area contributed by atoms with E-state index >= 15 is 0 Å². The quantitative estimate of drug-likeness (QED) is 0.565. The highest BCUT2D eigenvalue weighted by atomic mass is 16.5. The molecule has 0 unspecified atom stereocenters. The van der Waals surface area contributed by atoms with Crippen LogP contribution in [0, 0.1) is 5.92 Å². The van der Waals surface area contributed by atoms with Gasteiger partial charge in [-0.2, -0.15) is 0 Å². The zero-order valence-electron chi connectivity index (χ0n) is 14.9. The molecule has 0 amide bonds. The molecular weight excluding hydrogens is 346 g/mol. The molecule has 6 heteroatoms. The Bertz CT molecular complexity index is 928. The summed E-state index contributed by atoms with van der Waals surface area (Å²) in [6.45, 7) is 0.766. The zero-order valence-corrected chi connectivity index (χ0v) is 14.9. The Morgan fingerprint density at radius 3 is 2.63 bits per heavy atom. The summed E-state index contributed by atoms with van der Waals surface area (Å²) in [4.78, 5) is 15.6. The second-order valence-electron chi connectivity index (χ2n) is 6.39. The average molecular weight is 365 g/mol. The Hall–Kier alpha value is -3.28. The topological polar surface area (TPSA) is 70.8 Å². The molecule has 1 aliphatic carbocycles. The Morgan fingerprint density at radius 2 is 1.89 bits per heavy atom. The smallest absolute Gasteiger partial charge is 0.360 e. The van der Waals surface area contributed by atoms with Crippen LogP contribution in [0.2, 0.25) is 0 Å². The number of hydrogen-bond donors (Lipinski definition) is 0. The number of benzene rings is 2. The largest absolute Gasteiger partial charge is 0.493 e. The number of carbonyl (C=O) groups is 1. The molecule has 0 atom stereocenters. The lowest BCUT2D eigenvalue weighted by molar-refractivity contribution is 0.0594. The van der Waals surface area contributed by atoms with E-state index in [-0.39, 0.29) is 5.69 Å². The standard InChI is InChI=1S/C21H19NO5/c1-24-21(23)19-13-26-20(22-19)15-7-9-16(10-8-15)27-18-4-2-3-17(11-18)25-12-14-5-6-14/h2-4,7-11,13-14H,5-6,12H2,1H3. The predicted molar refractivity (Wildman–Crippen MR) is 98.0 cm³/mol. The minimum Gasteiger partial charge on any atom is -0.493 e. The average Bonchev–Trinajstić information content (AvgIpc) is 3.41. The van der Waals surface area contributed by atoms with Crippen LogP contribution in [0.1, 0.15) is 23.3 Å². The van der Waals surface area contributed by atoms with E-state index in [2.05, 4.69) is 9.72 Å². The number of oxazole rings is 1. The lowest BCUT2D eigenvalue weighted by atomic mass is 10.2. The lowest BCUT2D eigenvalue weighted by Gasteiger charge is -2.09. The molecule has 0 bridgehead atoms. The summed E-state index contributed by atoms with van der Waals surface area (Å²) in [7, 11) is 1.30. The number of ether oxygens (including phenoxy) is 3. The van der Waals surface area contributed by atoms with Gasteiger partial charge in [-0.15, -0.1) is 0 Å². The Balaban J connectivity index is 1.42. The predicted octanol–water partition coefficient (Wildman–Crippen LogP) is 4.71. The van der Waals surface area contributed by atoms with Gasteiger partial charge in [0.2, 0.25) is 5.89 Å². The zero-order chi connectivity index (χ0) is 18.6. The number of esters is 1. The first kappa shape index (κ1) is 17.1. The highest BCUT2D eigenvalue weighted by molar-refractivity contribution is 5.87. The van der Waals surface area contributed by atoms with Gasteiger partial charge in [0.05, 0.1) is 13.7 Å². The Kier molecular flexibility index (Phi) is 4.78. The van der Waals surface area contributed by atoms with E-state index in [4.69, 9.17) is 13.9 Å². The van der Waals surface area contributed by atoms with Gasteiger partial charge >= 0.3 is 5.97 Å². The van der Waals surface area contributed by atoms with Crippen molar-refractivity contribution in [2.75, 3.05) is 13.7 Å². The fraction of sp³-hybridized carbons (Fsp3) is 0.238. The molecule has 1 aliphatic rings. The summed E-state index contributed by atoms with van der Waals surface area (Å²) < 4.78 is 21.6. The van der Waals surface area contributed by atoms with E-state index < -0.39 is 5.97 Å². The molecule has 0 N–H and O–H groups in total. The van der Waals surface area contributed by atoms with Crippen LogP contribution >= 0.6 is 0 Å². The van der Waals surface area contributed by atoms with E-state index in [9.17, 15) is 4.79 Å². The van der Waals surface area contributed by atoms with Gasteiger partial charge in [0, 0.05) is 11.6 Å². The second kappa shape index (κ2) is 7.53. The van der Waals surface area contributed by atoms with Crippen molar-refractivity contribution in [3.8, 4) is 28.7 Å². The molecule has 0 radical (unpaired) electrons. The van der Waals surface area contributed by atoms with Crippen LogP contribution in [0.25, 0.3) is 11.5 Å². The minimum absolute atomic E-state index is 0.135. The number of rotatable bonds is 7. The summed E-state index contributed by atoms with van der Waals surface area (Å²) in [5, 5.41) is 0. The Morgan fingerprint density at radius 1 is 1.11 bits per heavy atom. The van der Waals surface area contributed by atoms with Crippen molar-refractivity contribution in [3.05, 3.63) is 60.5 Å². The lowest BCUT2D eigenvalue weighted by Crippen LogP contribution is -2.00. The molecule has 4 rings (SSSR count). The fourth-order valence-corrected chi connectivity index (χ4v) is 2.53. The van der Waals surface area contributed by atoms with Crippen LogP contribution in [0.3, 0.4) is 0 Å². The number of hydrogen-bond acceptors (Lipinski definition) is 6. The number of methoxy groups -OCH3 is 1. The van der Waals surface area contributed by atoms with E-state index in [1.807, 2.05) is 48.5 Å². The van der Waals surface area contributed by atoms with Crippen LogP contribution in [0.4, 0.5) is 0 Å². The molecule has 138 valence electrons. The normalized spacial score (nSPS) is 13.2. The van der Waals surface area contributed by atoms with Gasteiger partial charge < -0.3 is 18.6 Å². The van der Waals surface area contributed by atoms with Gasteiger partial charge in [-0.05, 0) is 55.2 Å².